The highest BCUT2D eigenvalue weighted by atomic mass is 19.1. The quantitative estimate of drug-likeness (QED) is 0.466. The van der Waals surface area contributed by atoms with E-state index in [0.29, 0.717) is 13.0 Å². The standard InChI is InChI=1S/C18H26FN5O2/c1-2-20-17(22-8-10-26-16-14(19)5-3-7-21-16)24-9-4-6-18(13-24)11-15(25)23-12-18/h3,5,7H,2,4,6,8-13H2,1H3,(H,20,22)(H,23,25). The molecular weight excluding hydrogens is 337 g/mol. The lowest BCUT2D eigenvalue weighted by molar-refractivity contribution is -0.119. The van der Waals surface area contributed by atoms with Crippen LogP contribution in [0.5, 0.6) is 5.88 Å². The van der Waals surface area contributed by atoms with Gasteiger partial charge in [-0.1, -0.05) is 0 Å². The van der Waals surface area contributed by atoms with Gasteiger partial charge in [0.25, 0.3) is 0 Å². The van der Waals surface area contributed by atoms with Gasteiger partial charge in [0.05, 0.1) is 6.54 Å². The van der Waals surface area contributed by atoms with E-state index in [4.69, 9.17) is 4.74 Å². The van der Waals surface area contributed by atoms with Crippen molar-refractivity contribution in [3.8, 4) is 5.88 Å². The third-order valence-corrected chi connectivity index (χ3v) is 4.81. The number of piperidine rings is 1. The second-order valence-electron chi connectivity index (χ2n) is 6.85. The molecule has 0 radical (unpaired) electrons. The zero-order chi connectivity index (χ0) is 18.4. The first-order valence-electron chi connectivity index (χ1n) is 9.15. The molecule has 2 aliphatic heterocycles. The number of rotatable bonds is 5. The minimum Gasteiger partial charge on any atom is -0.474 e. The number of carbonyl (C=O) groups is 1. The molecule has 2 aliphatic rings. The molecule has 2 N–H and O–H groups in total. The SMILES string of the molecule is CCNC(=NCCOc1ncccc1F)N1CCCC2(CNC(=O)C2)C1. The number of aromatic nitrogens is 1. The number of amides is 1. The van der Waals surface area contributed by atoms with Gasteiger partial charge in [-0.05, 0) is 31.9 Å². The van der Waals surface area contributed by atoms with Gasteiger partial charge in [0.2, 0.25) is 11.8 Å². The maximum absolute atomic E-state index is 13.5. The molecule has 0 aliphatic carbocycles. The number of guanidine groups is 1. The van der Waals surface area contributed by atoms with Crippen LogP contribution in [0.3, 0.4) is 0 Å². The van der Waals surface area contributed by atoms with E-state index >= 15 is 0 Å². The summed E-state index contributed by atoms with van der Waals surface area (Å²) in [5, 5.41) is 6.26. The summed E-state index contributed by atoms with van der Waals surface area (Å²) in [5.41, 5.74) is 0.0130. The second-order valence-corrected chi connectivity index (χ2v) is 6.85. The van der Waals surface area contributed by atoms with Crippen LogP contribution < -0.4 is 15.4 Å². The molecule has 3 heterocycles. The van der Waals surface area contributed by atoms with Gasteiger partial charge in [-0.2, -0.15) is 0 Å². The number of pyridine rings is 1. The second kappa shape index (κ2) is 8.33. The molecule has 1 amide bonds. The van der Waals surface area contributed by atoms with Crippen LogP contribution in [0, 0.1) is 11.2 Å². The molecule has 1 unspecified atom stereocenters. The third-order valence-electron chi connectivity index (χ3n) is 4.81. The van der Waals surface area contributed by atoms with E-state index in [1.54, 1.807) is 0 Å². The summed E-state index contributed by atoms with van der Waals surface area (Å²) < 4.78 is 18.9. The lowest BCUT2D eigenvalue weighted by Gasteiger charge is -2.40. The Balaban J connectivity index is 1.58. The van der Waals surface area contributed by atoms with Crippen LogP contribution in [0.25, 0.3) is 0 Å². The van der Waals surface area contributed by atoms with Gasteiger partial charge in [0.1, 0.15) is 6.61 Å². The molecule has 0 aromatic carbocycles. The fourth-order valence-electron chi connectivity index (χ4n) is 3.63. The first-order valence-corrected chi connectivity index (χ1v) is 9.15. The highest BCUT2D eigenvalue weighted by molar-refractivity contribution is 5.81. The lowest BCUT2D eigenvalue weighted by atomic mass is 9.79. The van der Waals surface area contributed by atoms with Gasteiger partial charge in [-0.15, -0.1) is 0 Å². The van der Waals surface area contributed by atoms with Crippen molar-refractivity contribution in [3.63, 3.8) is 0 Å². The summed E-state index contributed by atoms with van der Waals surface area (Å²) in [5.74, 6) is 0.482. The summed E-state index contributed by atoms with van der Waals surface area (Å²) in [4.78, 5) is 22.4. The molecule has 8 heteroatoms. The number of ether oxygens (including phenoxy) is 1. The van der Waals surface area contributed by atoms with E-state index in [1.807, 2.05) is 6.92 Å². The largest absolute Gasteiger partial charge is 0.474 e. The number of hydrogen-bond acceptors (Lipinski definition) is 4. The zero-order valence-corrected chi connectivity index (χ0v) is 15.1. The average molecular weight is 363 g/mol. The molecule has 0 saturated carbocycles. The van der Waals surface area contributed by atoms with Gasteiger partial charge >= 0.3 is 0 Å². The molecule has 26 heavy (non-hydrogen) atoms. The smallest absolute Gasteiger partial charge is 0.250 e. The highest BCUT2D eigenvalue weighted by Crippen LogP contribution is 2.35. The summed E-state index contributed by atoms with van der Waals surface area (Å²) >= 11 is 0. The third kappa shape index (κ3) is 4.42. The van der Waals surface area contributed by atoms with Crippen molar-refractivity contribution >= 4 is 11.9 Å². The lowest BCUT2D eigenvalue weighted by Crippen LogP contribution is -2.51. The average Bonchev–Trinajstić information content (AvgIpc) is 2.99. The van der Waals surface area contributed by atoms with Crippen LogP contribution in [0.4, 0.5) is 4.39 Å². The predicted molar refractivity (Wildman–Crippen MR) is 96.5 cm³/mol. The minimum atomic E-state index is -0.472. The molecule has 1 spiro atoms. The summed E-state index contributed by atoms with van der Waals surface area (Å²) in [6, 6.07) is 2.85. The Morgan fingerprint density at radius 1 is 1.58 bits per heavy atom. The van der Waals surface area contributed by atoms with E-state index in [-0.39, 0.29) is 23.8 Å². The summed E-state index contributed by atoms with van der Waals surface area (Å²) in [6.07, 6.45) is 4.18. The molecule has 7 nitrogen and oxygen atoms in total. The fraction of sp³-hybridized carbons (Fsp3) is 0.611. The highest BCUT2D eigenvalue weighted by Gasteiger charge is 2.42. The Morgan fingerprint density at radius 2 is 2.46 bits per heavy atom. The Morgan fingerprint density at radius 3 is 3.19 bits per heavy atom. The van der Waals surface area contributed by atoms with Crippen LogP contribution in [0.1, 0.15) is 26.2 Å². The summed E-state index contributed by atoms with van der Waals surface area (Å²) in [7, 11) is 0. The molecule has 1 aromatic rings. The van der Waals surface area contributed by atoms with Crippen LogP contribution >= 0.6 is 0 Å². The fourth-order valence-corrected chi connectivity index (χ4v) is 3.63. The van der Waals surface area contributed by atoms with Gasteiger partial charge in [-0.3, -0.25) is 4.79 Å². The van der Waals surface area contributed by atoms with Crippen LogP contribution in [0.15, 0.2) is 23.3 Å². The minimum absolute atomic E-state index is 0.000156. The van der Waals surface area contributed by atoms with Crippen LogP contribution in [0.2, 0.25) is 0 Å². The maximum atomic E-state index is 13.5. The Labute approximate surface area is 153 Å². The van der Waals surface area contributed by atoms with Crippen molar-refractivity contribution < 1.29 is 13.9 Å². The molecule has 1 atom stereocenters. The van der Waals surface area contributed by atoms with Crippen molar-refractivity contribution in [3.05, 3.63) is 24.1 Å². The van der Waals surface area contributed by atoms with Crippen molar-refractivity contribution in [2.75, 3.05) is 39.3 Å². The Hall–Kier alpha value is -2.38. The summed E-state index contributed by atoms with van der Waals surface area (Å²) in [6.45, 7) is 5.90. The molecule has 2 fully saturated rings. The van der Waals surface area contributed by atoms with Gasteiger partial charge < -0.3 is 20.3 Å². The number of aliphatic imine (C=N–C) groups is 1. The molecule has 3 rings (SSSR count). The number of nitrogens with one attached hydrogen (secondary N) is 2. The van der Waals surface area contributed by atoms with E-state index in [9.17, 15) is 9.18 Å². The number of nitrogens with zero attached hydrogens (tertiary/aromatic N) is 3. The monoisotopic (exact) mass is 363 g/mol. The van der Waals surface area contributed by atoms with Crippen molar-refractivity contribution in [2.24, 2.45) is 10.4 Å². The predicted octanol–water partition coefficient (Wildman–Crippen LogP) is 1.17. The Bertz CT molecular complexity index is 669. The van der Waals surface area contributed by atoms with E-state index < -0.39 is 5.82 Å². The van der Waals surface area contributed by atoms with E-state index in [1.165, 1.54) is 18.3 Å². The van der Waals surface area contributed by atoms with Gasteiger partial charge in [-0.25, -0.2) is 14.4 Å². The number of hydrogen-bond donors (Lipinski definition) is 2. The number of likely N-dealkylation sites (tertiary alicyclic amines) is 1. The topological polar surface area (TPSA) is 78.9 Å². The molecular formula is C18H26FN5O2. The van der Waals surface area contributed by atoms with Crippen LogP contribution in [-0.4, -0.2) is 61.1 Å². The van der Waals surface area contributed by atoms with E-state index in [0.717, 1.165) is 45.0 Å². The Kier molecular flexibility index (Phi) is 5.90. The normalized spacial score (nSPS) is 23.2. The van der Waals surface area contributed by atoms with Crippen LogP contribution in [-0.2, 0) is 4.79 Å². The van der Waals surface area contributed by atoms with Gasteiger partial charge in [0, 0.05) is 44.2 Å². The molecule has 2 saturated heterocycles. The van der Waals surface area contributed by atoms with Crippen molar-refractivity contribution in [2.45, 2.75) is 26.2 Å². The van der Waals surface area contributed by atoms with Crippen molar-refractivity contribution in [1.29, 1.82) is 0 Å². The molecule has 1 aromatic heterocycles. The zero-order valence-electron chi connectivity index (χ0n) is 15.1. The number of halogens is 1. The maximum Gasteiger partial charge on any atom is 0.250 e. The van der Waals surface area contributed by atoms with Crippen molar-refractivity contribution in [1.82, 2.24) is 20.5 Å². The molecule has 142 valence electrons. The van der Waals surface area contributed by atoms with E-state index in [2.05, 4.69) is 25.5 Å². The number of carbonyl (C=O) groups excluding carboxylic acids is 1. The first kappa shape index (κ1) is 18.4. The first-order chi connectivity index (χ1) is 12.6. The van der Waals surface area contributed by atoms with Gasteiger partial charge in [0.15, 0.2) is 11.8 Å². The molecule has 0 bridgehead atoms.